The van der Waals surface area contributed by atoms with Gasteiger partial charge < -0.3 is 31.4 Å². The standard InChI is InChI=1S/C28H24N8O8/c1-36(2)7-18(37)5-15-3-4-16-8-39-25(30-16)20-13-42-27(34-20)19-11-38-23(32-19)6-29-44-10-17-9-40-26(31-17)21-14-43-28(35-21)22-12-41-24(15)33-22/h3-4,8-9,11-15,29H,5-7,10H2,1-2H3/b4-3+. The van der Waals surface area contributed by atoms with Crippen molar-refractivity contribution in [3.8, 4) is 46.3 Å². The third-order valence-corrected chi connectivity index (χ3v) is 6.33. The van der Waals surface area contributed by atoms with Gasteiger partial charge in [-0.05, 0) is 20.2 Å². The number of oxazole rings is 6. The normalized spacial score (nSPS) is 16.0. The van der Waals surface area contributed by atoms with E-state index in [9.17, 15) is 4.79 Å². The number of allylic oxidation sites excluding steroid dienone is 1. The molecule has 44 heavy (non-hydrogen) atoms. The smallest absolute Gasteiger partial charge is 0.249 e. The topological polar surface area (TPSA) is 198 Å². The van der Waals surface area contributed by atoms with Crippen molar-refractivity contribution in [2.24, 2.45) is 0 Å². The summed E-state index contributed by atoms with van der Waals surface area (Å²) < 4.78 is 33.7. The zero-order valence-corrected chi connectivity index (χ0v) is 23.4. The Morgan fingerprint density at radius 3 is 2.20 bits per heavy atom. The number of likely N-dealkylation sites (N-methyl/N-ethyl adjacent to an activating group) is 1. The van der Waals surface area contributed by atoms with E-state index in [1.807, 2.05) is 14.1 Å². The van der Waals surface area contributed by atoms with Crippen LogP contribution in [0.2, 0.25) is 0 Å². The van der Waals surface area contributed by atoms with Gasteiger partial charge in [0.05, 0.1) is 19.0 Å². The van der Waals surface area contributed by atoms with Gasteiger partial charge in [0.2, 0.25) is 35.3 Å². The molecule has 224 valence electrons. The number of carbonyl (C=O) groups is 1. The molecule has 1 N–H and O–H groups in total. The van der Waals surface area contributed by atoms with Crippen LogP contribution in [-0.2, 0) is 22.8 Å². The van der Waals surface area contributed by atoms with Crippen LogP contribution in [0.15, 0.2) is 70.2 Å². The minimum atomic E-state index is -0.511. The molecule has 16 nitrogen and oxygen atoms in total. The van der Waals surface area contributed by atoms with Crippen LogP contribution in [0, 0.1) is 0 Å². The Labute approximate surface area is 247 Å². The zero-order chi connectivity index (χ0) is 30.0. The molecule has 0 radical (unpaired) electrons. The van der Waals surface area contributed by atoms with Gasteiger partial charge in [-0.25, -0.2) is 29.9 Å². The molecule has 6 aromatic heterocycles. The Balaban J connectivity index is 1.22. The molecule has 0 fully saturated rings. The summed E-state index contributed by atoms with van der Waals surface area (Å²) in [5, 5.41) is 0. The molecule has 0 amide bonds. The Bertz CT molecular complexity index is 1920. The fourth-order valence-corrected chi connectivity index (χ4v) is 4.35. The van der Waals surface area contributed by atoms with Gasteiger partial charge in [-0.15, -0.1) is 0 Å². The first-order valence-corrected chi connectivity index (χ1v) is 13.4. The second-order valence-corrected chi connectivity index (χ2v) is 10.1. The van der Waals surface area contributed by atoms with Crippen molar-refractivity contribution in [3.63, 3.8) is 0 Å². The number of Topliss-reactive ketones (excluding diaryl/α,β-unsaturated/α-hetero) is 1. The Morgan fingerprint density at radius 1 is 0.773 bits per heavy atom. The number of hydroxylamine groups is 1. The molecule has 16 heteroatoms. The van der Waals surface area contributed by atoms with Crippen LogP contribution >= 0.6 is 0 Å². The summed E-state index contributed by atoms with van der Waals surface area (Å²) in [6.45, 7) is 0.523. The van der Waals surface area contributed by atoms with E-state index < -0.39 is 5.92 Å². The lowest BCUT2D eigenvalue weighted by Crippen LogP contribution is -2.22. The number of carbonyl (C=O) groups excluding carboxylic acids is 1. The van der Waals surface area contributed by atoms with Gasteiger partial charge in [-0.1, -0.05) is 6.08 Å². The third kappa shape index (κ3) is 5.89. The minimum Gasteiger partial charge on any atom is -0.447 e. The quantitative estimate of drug-likeness (QED) is 0.302. The van der Waals surface area contributed by atoms with E-state index in [1.165, 1.54) is 37.6 Å². The summed E-state index contributed by atoms with van der Waals surface area (Å²) in [5.41, 5.74) is 5.22. The molecule has 0 saturated heterocycles. The average Bonchev–Trinajstić information content (AvgIpc) is 3.84. The highest BCUT2D eigenvalue weighted by molar-refractivity contribution is 5.81. The maximum absolute atomic E-state index is 12.8. The number of rotatable bonds is 4. The van der Waals surface area contributed by atoms with Crippen LogP contribution in [-0.4, -0.2) is 61.2 Å². The number of hydrogen-bond acceptors (Lipinski definition) is 16. The van der Waals surface area contributed by atoms with Crippen molar-refractivity contribution in [2.75, 3.05) is 20.6 Å². The maximum atomic E-state index is 12.8. The van der Waals surface area contributed by atoms with Crippen molar-refractivity contribution in [1.82, 2.24) is 40.3 Å². The highest BCUT2D eigenvalue weighted by Crippen LogP contribution is 2.29. The predicted molar refractivity (Wildman–Crippen MR) is 147 cm³/mol. The second kappa shape index (κ2) is 11.7. The SMILES string of the molecule is CN(C)CC(=O)CC1/C=C/c2coc(n2)-c2coc(n2)-c2coc(n2)CNOCc2coc(n2)-c2coc(n2)-c2coc1n2. The summed E-state index contributed by atoms with van der Waals surface area (Å²) in [5.74, 6) is 1.02. The molecule has 7 heterocycles. The monoisotopic (exact) mass is 600 g/mol. The van der Waals surface area contributed by atoms with Crippen LogP contribution in [0.3, 0.4) is 0 Å². The Morgan fingerprint density at radius 2 is 1.41 bits per heavy atom. The van der Waals surface area contributed by atoms with E-state index in [1.54, 1.807) is 17.1 Å². The first kappa shape index (κ1) is 27.4. The lowest BCUT2D eigenvalue weighted by Gasteiger charge is -2.11. The van der Waals surface area contributed by atoms with Crippen molar-refractivity contribution in [1.29, 1.82) is 0 Å². The highest BCUT2D eigenvalue weighted by atomic mass is 16.6. The van der Waals surface area contributed by atoms with Gasteiger partial charge in [0.1, 0.15) is 61.4 Å². The number of nitrogens with zero attached hydrogens (tertiary/aromatic N) is 7. The van der Waals surface area contributed by atoms with Crippen molar-refractivity contribution >= 4 is 11.9 Å². The number of nitrogens with one attached hydrogen (secondary N) is 1. The fraction of sp³-hybridized carbons (Fsp3) is 0.250. The van der Waals surface area contributed by atoms with Crippen molar-refractivity contribution < 1.29 is 36.1 Å². The molecular formula is C28H24N8O8. The Hall–Kier alpha value is -5.45. The third-order valence-electron chi connectivity index (χ3n) is 6.33. The summed E-state index contributed by atoms with van der Waals surface area (Å²) in [6, 6.07) is 0. The number of fused-ring (bicyclic) bond motifs is 16. The summed E-state index contributed by atoms with van der Waals surface area (Å²) in [7, 11) is 3.66. The van der Waals surface area contributed by atoms with Crippen LogP contribution in [0.1, 0.15) is 35.5 Å². The molecule has 0 spiro atoms. The first-order valence-electron chi connectivity index (χ1n) is 13.4. The van der Waals surface area contributed by atoms with Crippen LogP contribution in [0.4, 0.5) is 0 Å². The van der Waals surface area contributed by atoms with Crippen molar-refractivity contribution in [2.45, 2.75) is 25.5 Å². The van der Waals surface area contributed by atoms with E-state index in [0.29, 0.717) is 45.9 Å². The molecule has 1 atom stereocenters. The number of ketones is 1. The minimum absolute atomic E-state index is 0.00220. The molecular weight excluding hydrogens is 576 g/mol. The van der Waals surface area contributed by atoms with E-state index in [-0.39, 0.29) is 55.5 Å². The van der Waals surface area contributed by atoms with Gasteiger partial charge in [-0.3, -0.25) is 9.63 Å². The van der Waals surface area contributed by atoms with Crippen molar-refractivity contribution in [3.05, 3.63) is 66.8 Å². The largest absolute Gasteiger partial charge is 0.447 e. The average molecular weight is 601 g/mol. The molecule has 6 aromatic rings. The summed E-state index contributed by atoms with van der Waals surface area (Å²) >= 11 is 0. The summed E-state index contributed by atoms with van der Waals surface area (Å²) in [4.78, 5) is 46.7. The van der Waals surface area contributed by atoms with Crippen LogP contribution in [0.5, 0.6) is 0 Å². The molecule has 0 saturated carbocycles. The molecule has 1 aliphatic heterocycles. The fourth-order valence-electron chi connectivity index (χ4n) is 4.35. The van der Waals surface area contributed by atoms with E-state index >= 15 is 0 Å². The molecule has 0 aromatic carbocycles. The highest BCUT2D eigenvalue weighted by Gasteiger charge is 2.23. The predicted octanol–water partition coefficient (Wildman–Crippen LogP) is 4.14. The van der Waals surface area contributed by atoms with Gasteiger partial charge in [0.15, 0.2) is 22.8 Å². The number of aromatic nitrogens is 6. The van der Waals surface area contributed by atoms with Gasteiger partial charge >= 0.3 is 0 Å². The lowest BCUT2D eigenvalue weighted by atomic mass is 10.0. The first-order chi connectivity index (χ1) is 21.5. The van der Waals surface area contributed by atoms with Gasteiger partial charge in [0, 0.05) is 6.42 Å². The molecule has 12 bridgehead atoms. The molecule has 0 aliphatic carbocycles. The molecule has 1 unspecified atom stereocenters. The van der Waals surface area contributed by atoms with E-state index in [2.05, 4.69) is 35.4 Å². The van der Waals surface area contributed by atoms with E-state index in [4.69, 9.17) is 31.3 Å². The number of hydrogen-bond donors (Lipinski definition) is 1. The lowest BCUT2D eigenvalue weighted by molar-refractivity contribution is -0.119. The van der Waals surface area contributed by atoms with Gasteiger partial charge in [0.25, 0.3) is 0 Å². The summed E-state index contributed by atoms with van der Waals surface area (Å²) in [6.07, 6.45) is 12.2. The van der Waals surface area contributed by atoms with Gasteiger partial charge in [-0.2, -0.15) is 5.48 Å². The zero-order valence-electron chi connectivity index (χ0n) is 23.4. The Kier molecular flexibility index (Phi) is 7.27. The van der Waals surface area contributed by atoms with Crippen LogP contribution < -0.4 is 5.48 Å². The van der Waals surface area contributed by atoms with E-state index in [0.717, 1.165) is 0 Å². The molecule has 1 aliphatic rings. The maximum Gasteiger partial charge on any atom is 0.249 e. The molecule has 7 rings (SSSR count). The van der Waals surface area contributed by atoms with Crippen LogP contribution in [0.25, 0.3) is 52.4 Å². The second-order valence-electron chi connectivity index (χ2n) is 10.1.